The van der Waals surface area contributed by atoms with Crippen molar-refractivity contribution in [1.82, 2.24) is 0 Å². The fraction of sp³-hybridized carbons (Fsp3) is 0.923. The summed E-state index contributed by atoms with van der Waals surface area (Å²) < 4.78 is 15.5. The number of rotatable bonds is 11. The zero-order valence-electron chi connectivity index (χ0n) is 11.3. The van der Waals surface area contributed by atoms with Crippen LogP contribution in [0.15, 0.2) is 0 Å². The minimum absolute atomic E-state index is 0.205. The molecule has 0 aromatic carbocycles. The number of hydrogen-bond acceptors (Lipinski definition) is 4. The van der Waals surface area contributed by atoms with E-state index in [-0.39, 0.29) is 5.41 Å². The summed E-state index contributed by atoms with van der Waals surface area (Å²) in [6.45, 7) is 7.18. The molecule has 0 heterocycles. The Morgan fingerprint density at radius 1 is 0.941 bits per heavy atom. The minimum Gasteiger partial charge on any atom is -0.382 e. The van der Waals surface area contributed by atoms with Gasteiger partial charge in [-0.05, 0) is 33.1 Å². The van der Waals surface area contributed by atoms with Gasteiger partial charge in [-0.1, -0.05) is 0 Å². The second-order valence-electron chi connectivity index (χ2n) is 4.67. The number of nitriles is 1. The summed E-state index contributed by atoms with van der Waals surface area (Å²) in [7, 11) is 1.66. The monoisotopic (exact) mass is 243 g/mol. The first kappa shape index (κ1) is 16.4. The second kappa shape index (κ2) is 10.5. The summed E-state index contributed by atoms with van der Waals surface area (Å²) >= 11 is 0. The summed E-state index contributed by atoms with van der Waals surface area (Å²) in [5, 5.41) is 8.83. The highest BCUT2D eigenvalue weighted by Crippen LogP contribution is 2.21. The van der Waals surface area contributed by atoms with E-state index in [0.29, 0.717) is 26.4 Å². The van der Waals surface area contributed by atoms with Gasteiger partial charge in [0, 0.05) is 13.7 Å². The van der Waals surface area contributed by atoms with E-state index in [1.54, 1.807) is 7.11 Å². The maximum atomic E-state index is 8.83. The van der Waals surface area contributed by atoms with Crippen molar-refractivity contribution in [2.45, 2.75) is 33.1 Å². The summed E-state index contributed by atoms with van der Waals surface area (Å²) in [5.74, 6) is 0. The van der Waals surface area contributed by atoms with Crippen molar-refractivity contribution in [1.29, 1.82) is 5.26 Å². The van der Waals surface area contributed by atoms with Crippen LogP contribution in [0.5, 0.6) is 0 Å². The van der Waals surface area contributed by atoms with Crippen LogP contribution in [0, 0.1) is 16.7 Å². The van der Waals surface area contributed by atoms with E-state index in [4.69, 9.17) is 19.5 Å². The van der Waals surface area contributed by atoms with Crippen LogP contribution in [0.2, 0.25) is 0 Å². The topological polar surface area (TPSA) is 51.5 Å². The lowest BCUT2D eigenvalue weighted by atomic mass is 9.89. The number of hydrogen-bond donors (Lipinski definition) is 0. The average molecular weight is 243 g/mol. The van der Waals surface area contributed by atoms with Crippen molar-refractivity contribution in [3.05, 3.63) is 0 Å². The van der Waals surface area contributed by atoms with Gasteiger partial charge in [0.05, 0.1) is 37.9 Å². The van der Waals surface area contributed by atoms with Gasteiger partial charge in [0.2, 0.25) is 0 Å². The van der Waals surface area contributed by atoms with Crippen LogP contribution in [-0.2, 0) is 14.2 Å². The molecule has 0 fully saturated rings. The molecule has 0 aliphatic rings. The highest BCUT2D eigenvalue weighted by molar-refractivity contribution is 4.91. The van der Waals surface area contributed by atoms with Gasteiger partial charge in [0.25, 0.3) is 0 Å². The van der Waals surface area contributed by atoms with E-state index in [2.05, 4.69) is 6.07 Å². The first-order chi connectivity index (χ1) is 8.12. The molecule has 0 aliphatic heterocycles. The van der Waals surface area contributed by atoms with E-state index in [0.717, 1.165) is 25.9 Å². The maximum absolute atomic E-state index is 8.83. The lowest BCUT2D eigenvalue weighted by Gasteiger charge is -2.14. The molecule has 4 nitrogen and oxygen atoms in total. The molecule has 0 aromatic heterocycles. The third-order valence-electron chi connectivity index (χ3n) is 2.45. The lowest BCUT2D eigenvalue weighted by molar-refractivity contribution is 0.0237. The Morgan fingerprint density at radius 3 is 2.12 bits per heavy atom. The molecule has 0 atom stereocenters. The molecule has 100 valence electrons. The van der Waals surface area contributed by atoms with Gasteiger partial charge >= 0.3 is 0 Å². The van der Waals surface area contributed by atoms with Gasteiger partial charge < -0.3 is 14.2 Å². The zero-order chi connectivity index (χ0) is 13.0. The van der Waals surface area contributed by atoms with Crippen molar-refractivity contribution in [2.24, 2.45) is 5.41 Å². The van der Waals surface area contributed by atoms with Gasteiger partial charge in [0.1, 0.15) is 0 Å². The van der Waals surface area contributed by atoms with Crippen LogP contribution in [0.25, 0.3) is 0 Å². The van der Waals surface area contributed by atoms with Crippen LogP contribution >= 0.6 is 0 Å². The van der Waals surface area contributed by atoms with Crippen LogP contribution in [-0.4, -0.2) is 40.1 Å². The zero-order valence-corrected chi connectivity index (χ0v) is 11.3. The molecule has 0 saturated carbocycles. The molecular formula is C13H25NO3. The Kier molecular flexibility index (Phi) is 10.1. The van der Waals surface area contributed by atoms with Gasteiger partial charge in [-0.25, -0.2) is 0 Å². The van der Waals surface area contributed by atoms with E-state index < -0.39 is 0 Å². The smallest absolute Gasteiger partial charge is 0.0701 e. The van der Waals surface area contributed by atoms with Crippen LogP contribution in [0.4, 0.5) is 0 Å². The first-order valence-electron chi connectivity index (χ1n) is 6.18. The number of nitrogens with zero attached hydrogens (tertiary/aromatic N) is 1. The Hall–Kier alpha value is -0.630. The molecule has 0 aliphatic carbocycles. The van der Waals surface area contributed by atoms with Gasteiger partial charge in [-0.15, -0.1) is 0 Å². The summed E-state index contributed by atoms with van der Waals surface area (Å²) in [6, 6.07) is 2.30. The summed E-state index contributed by atoms with van der Waals surface area (Å²) in [6.07, 6.45) is 2.96. The highest BCUT2D eigenvalue weighted by Gasteiger charge is 2.15. The van der Waals surface area contributed by atoms with E-state index in [9.17, 15) is 0 Å². The maximum Gasteiger partial charge on any atom is 0.0701 e. The Balaban J connectivity index is 3.12. The lowest BCUT2D eigenvalue weighted by Crippen LogP contribution is -2.10. The fourth-order valence-electron chi connectivity index (χ4n) is 1.29. The summed E-state index contributed by atoms with van der Waals surface area (Å²) in [4.78, 5) is 0. The standard InChI is InChI=1S/C13H25NO3/c1-13(2,12-14)6-4-5-7-16-10-11-17-9-8-15-3/h4-11H2,1-3H3. The molecule has 0 rings (SSSR count). The second-order valence-corrected chi connectivity index (χ2v) is 4.67. The molecule has 4 heteroatoms. The Morgan fingerprint density at radius 2 is 1.53 bits per heavy atom. The van der Waals surface area contributed by atoms with Crippen molar-refractivity contribution in [3.8, 4) is 6.07 Å². The average Bonchev–Trinajstić information content (AvgIpc) is 2.31. The van der Waals surface area contributed by atoms with Gasteiger partial charge in [-0.3, -0.25) is 0 Å². The van der Waals surface area contributed by atoms with Gasteiger partial charge in [0.15, 0.2) is 0 Å². The Bertz CT molecular complexity index is 211. The molecule has 0 amide bonds. The molecule has 0 N–H and O–H groups in total. The predicted octanol–water partition coefficient (Wildman–Crippen LogP) is 2.39. The molecule has 0 unspecified atom stereocenters. The fourth-order valence-corrected chi connectivity index (χ4v) is 1.29. The molecule has 0 saturated heterocycles. The van der Waals surface area contributed by atoms with E-state index in [1.165, 1.54) is 0 Å². The van der Waals surface area contributed by atoms with Crippen LogP contribution in [0.1, 0.15) is 33.1 Å². The minimum atomic E-state index is -0.205. The van der Waals surface area contributed by atoms with E-state index in [1.807, 2.05) is 13.8 Å². The van der Waals surface area contributed by atoms with Crippen molar-refractivity contribution in [3.63, 3.8) is 0 Å². The number of methoxy groups -OCH3 is 1. The summed E-state index contributed by atoms with van der Waals surface area (Å²) in [5.41, 5.74) is -0.205. The third kappa shape index (κ3) is 11.6. The largest absolute Gasteiger partial charge is 0.382 e. The SMILES string of the molecule is COCCOCCOCCCCC(C)(C)C#N. The first-order valence-corrected chi connectivity index (χ1v) is 6.18. The molecule has 0 radical (unpaired) electrons. The number of ether oxygens (including phenoxy) is 3. The molecule has 0 bridgehead atoms. The van der Waals surface area contributed by atoms with Crippen molar-refractivity contribution < 1.29 is 14.2 Å². The molecule has 17 heavy (non-hydrogen) atoms. The van der Waals surface area contributed by atoms with Crippen molar-refractivity contribution in [2.75, 3.05) is 40.1 Å². The number of unbranched alkanes of at least 4 members (excludes halogenated alkanes) is 1. The third-order valence-corrected chi connectivity index (χ3v) is 2.45. The normalized spacial score (nSPS) is 11.4. The molecule has 0 spiro atoms. The highest BCUT2D eigenvalue weighted by atomic mass is 16.5. The quantitative estimate of drug-likeness (QED) is 0.523. The molecular weight excluding hydrogens is 218 g/mol. The van der Waals surface area contributed by atoms with Crippen LogP contribution < -0.4 is 0 Å². The molecule has 0 aromatic rings. The van der Waals surface area contributed by atoms with Gasteiger partial charge in [-0.2, -0.15) is 5.26 Å². The predicted molar refractivity (Wildman–Crippen MR) is 66.8 cm³/mol. The van der Waals surface area contributed by atoms with Crippen molar-refractivity contribution >= 4 is 0 Å². The van der Waals surface area contributed by atoms with E-state index >= 15 is 0 Å². The Labute approximate surface area is 105 Å². The van der Waals surface area contributed by atoms with Crippen LogP contribution in [0.3, 0.4) is 0 Å².